The summed E-state index contributed by atoms with van der Waals surface area (Å²) < 4.78 is 2.31. The van der Waals surface area contributed by atoms with E-state index in [1.807, 2.05) is 18.2 Å². The first-order valence-electron chi connectivity index (χ1n) is 7.34. The summed E-state index contributed by atoms with van der Waals surface area (Å²) in [4.78, 5) is 4.67. The zero-order chi connectivity index (χ0) is 14.3. The van der Waals surface area contributed by atoms with E-state index < -0.39 is 0 Å². The van der Waals surface area contributed by atoms with Crippen molar-refractivity contribution in [3.8, 4) is 0 Å². The van der Waals surface area contributed by atoms with Crippen LogP contribution in [0.25, 0.3) is 11.0 Å². The summed E-state index contributed by atoms with van der Waals surface area (Å²) in [6.45, 7) is 4.69. The molecule has 0 bridgehead atoms. The number of aromatic nitrogens is 2. The Morgan fingerprint density at radius 1 is 1.30 bits per heavy atom. The van der Waals surface area contributed by atoms with Gasteiger partial charge in [-0.05, 0) is 30.4 Å². The molecule has 1 aliphatic carbocycles. The molecule has 3 atom stereocenters. The lowest BCUT2D eigenvalue weighted by molar-refractivity contribution is 0.187. The number of rotatable bonds is 2. The first kappa shape index (κ1) is 14.2. The van der Waals surface area contributed by atoms with Crippen molar-refractivity contribution >= 4 is 34.2 Å². The van der Waals surface area contributed by atoms with Gasteiger partial charge in [0.1, 0.15) is 5.82 Å². The second kappa shape index (κ2) is 5.57. The molecule has 20 heavy (non-hydrogen) atoms. The number of imidazole rings is 1. The van der Waals surface area contributed by atoms with Crippen LogP contribution in [0, 0.1) is 11.8 Å². The standard InChI is InChI=1S/C16H20Cl2N2/c1-10-5-3-8-14(11(10)2)20-15(9-17)19-13-7-4-6-12(18)16(13)20/h4,6-7,10-11,14H,3,5,8-9H2,1-2H3. The van der Waals surface area contributed by atoms with Gasteiger partial charge in [0.25, 0.3) is 0 Å². The van der Waals surface area contributed by atoms with E-state index in [9.17, 15) is 0 Å². The van der Waals surface area contributed by atoms with Crippen LogP contribution in [0.1, 0.15) is 45.0 Å². The van der Waals surface area contributed by atoms with Gasteiger partial charge in [0.15, 0.2) is 0 Å². The molecular formula is C16H20Cl2N2. The number of para-hydroxylation sites is 1. The highest BCUT2D eigenvalue weighted by molar-refractivity contribution is 6.35. The van der Waals surface area contributed by atoms with Crippen LogP contribution in [-0.4, -0.2) is 9.55 Å². The molecule has 1 aromatic heterocycles. The van der Waals surface area contributed by atoms with E-state index in [2.05, 4.69) is 23.4 Å². The summed E-state index contributed by atoms with van der Waals surface area (Å²) in [5, 5.41) is 0.775. The second-order valence-electron chi connectivity index (χ2n) is 5.97. The van der Waals surface area contributed by atoms with Crippen molar-refractivity contribution in [1.82, 2.24) is 9.55 Å². The minimum atomic E-state index is 0.433. The largest absolute Gasteiger partial charge is 0.322 e. The number of benzene rings is 1. The van der Waals surface area contributed by atoms with Crippen molar-refractivity contribution < 1.29 is 0 Å². The molecule has 0 saturated heterocycles. The number of alkyl halides is 1. The zero-order valence-electron chi connectivity index (χ0n) is 11.9. The monoisotopic (exact) mass is 310 g/mol. The maximum atomic E-state index is 6.43. The maximum absolute atomic E-state index is 6.43. The van der Waals surface area contributed by atoms with E-state index >= 15 is 0 Å². The van der Waals surface area contributed by atoms with Gasteiger partial charge in [0, 0.05) is 6.04 Å². The van der Waals surface area contributed by atoms with E-state index in [0.717, 1.165) is 27.8 Å². The normalized spacial score (nSPS) is 27.1. The maximum Gasteiger partial charge on any atom is 0.125 e. The zero-order valence-corrected chi connectivity index (χ0v) is 13.5. The minimum absolute atomic E-state index is 0.433. The summed E-state index contributed by atoms with van der Waals surface area (Å²) in [7, 11) is 0. The van der Waals surface area contributed by atoms with Crippen LogP contribution >= 0.6 is 23.2 Å². The van der Waals surface area contributed by atoms with Gasteiger partial charge >= 0.3 is 0 Å². The van der Waals surface area contributed by atoms with Crippen LogP contribution in [-0.2, 0) is 5.88 Å². The fraction of sp³-hybridized carbons (Fsp3) is 0.562. The summed E-state index contributed by atoms with van der Waals surface area (Å²) >= 11 is 12.6. The Morgan fingerprint density at radius 2 is 2.10 bits per heavy atom. The van der Waals surface area contributed by atoms with Crippen molar-refractivity contribution in [2.75, 3.05) is 0 Å². The molecule has 2 nitrogen and oxygen atoms in total. The quantitative estimate of drug-likeness (QED) is 0.677. The Labute approximate surface area is 130 Å². The Hall–Kier alpha value is -0.730. The highest BCUT2D eigenvalue weighted by atomic mass is 35.5. The van der Waals surface area contributed by atoms with E-state index in [0.29, 0.717) is 17.8 Å². The lowest BCUT2D eigenvalue weighted by Crippen LogP contribution is -2.28. The molecule has 3 rings (SSSR count). The average Bonchev–Trinajstić information content (AvgIpc) is 2.82. The van der Waals surface area contributed by atoms with E-state index in [4.69, 9.17) is 23.2 Å². The van der Waals surface area contributed by atoms with Crippen LogP contribution in [0.2, 0.25) is 5.02 Å². The third-order valence-corrected chi connectivity index (χ3v) is 5.39. The molecule has 3 unspecified atom stereocenters. The Balaban J connectivity index is 2.18. The highest BCUT2D eigenvalue weighted by Crippen LogP contribution is 2.41. The van der Waals surface area contributed by atoms with Crippen molar-refractivity contribution in [1.29, 1.82) is 0 Å². The fourth-order valence-electron chi connectivity index (χ4n) is 3.52. The first-order chi connectivity index (χ1) is 9.63. The number of hydrogen-bond acceptors (Lipinski definition) is 1. The van der Waals surface area contributed by atoms with Gasteiger partial charge in [-0.1, -0.05) is 44.4 Å². The SMILES string of the molecule is CC1CCCC(n2c(CCl)nc3cccc(Cl)c32)C1C. The molecule has 1 fully saturated rings. The predicted molar refractivity (Wildman–Crippen MR) is 85.5 cm³/mol. The molecule has 0 amide bonds. The topological polar surface area (TPSA) is 17.8 Å². The predicted octanol–water partition coefficient (Wildman–Crippen LogP) is 5.43. The Morgan fingerprint density at radius 3 is 2.85 bits per heavy atom. The lowest BCUT2D eigenvalue weighted by Gasteiger charge is -2.36. The number of halogens is 2. The molecule has 0 radical (unpaired) electrons. The molecule has 1 heterocycles. The van der Waals surface area contributed by atoms with Crippen LogP contribution in [0.4, 0.5) is 0 Å². The van der Waals surface area contributed by atoms with Crippen LogP contribution in [0.3, 0.4) is 0 Å². The van der Waals surface area contributed by atoms with Crippen molar-refractivity contribution in [3.63, 3.8) is 0 Å². The third kappa shape index (κ3) is 2.23. The summed E-state index contributed by atoms with van der Waals surface area (Å²) in [5.41, 5.74) is 2.01. The van der Waals surface area contributed by atoms with Gasteiger partial charge in [0.05, 0.1) is 21.9 Å². The van der Waals surface area contributed by atoms with E-state index in [1.165, 1.54) is 19.3 Å². The Bertz CT molecular complexity index is 620. The number of hydrogen-bond donors (Lipinski definition) is 0. The smallest absolute Gasteiger partial charge is 0.125 e. The Kier molecular flexibility index (Phi) is 3.96. The van der Waals surface area contributed by atoms with Crippen molar-refractivity contribution in [2.45, 2.75) is 45.0 Å². The van der Waals surface area contributed by atoms with E-state index in [1.54, 1.807) is 0 Å². The van der Waals surface area contributed by atoms with Gasteiger partial charge in [-0.3, -0.25) is 0 Å². The molecule has 0 spiro atoms. The lowest BCUT2D eigenvalue weighted by atomic mass is 9.78. The van der Waals surface area contributed by atoms with E-state index in [-0.39, 0.29) is 0 Å². The number of nitrogens with zero attached hydrogens (tertiary/aromatic N) is 2. The van der Waals surface area contributed by atoms with Gasteiger partial charge in [0.2, 0.25) is 0 Å². The van der Waals surface area contributed by atoms with Gasteiger partial charge in [-0.2, -0.15) is 0 Å². The molecule has 0 N–H and O–H groups in total. The van der Waals surface area contributed by atoms with Crippen molar-refractivity contribution in [3.05, 3.63) is 29.0 Å². The van der Waals surface area contributed by atoms with Gasteiger partial charge in [-0.15, -0.1) is 11.6 Å². The molecule has 0 aliphatic heterocycles. The third-order valence-electron chi connectivity index (χ3n) is 4.85. The van der Waals surface area contributed by atoms with Gasteiger partial charge in [-0.25, -0.2) is 4.98 Å². The summed E-state index contributed by atoms with van der Waals surface area (Å²) in [6.07, 6.45) is 3.77. The number of fused-ring (bicyclic) bond motifs is 1. The van der Waals surface area contributed by atoms with Gasteiger partial charge < -0.3 is 4.57 Å². The highest BCUT2D eigenvalue weighted by Gasteiger charge is 2.31. The second-order valence-corrected chi connectivity index (χ2v) is 6.65. The molecule has 1 saturated carbocycles. The molecule has 1 aromatic carbocycles. The van der Waals surface area contributed by atoms with Crippen LogP contribution < -0.4 is 0 Å². The first-order valence-corrected chi connectivity index (χ1v) is 8.26. The van der Waals surface area contributed by atoms with Crippen LogP contribution in [0.15, 0.2) is 18.2 Å². The summed E-state index contributed by atoms with van der Waals surface area (Å²) in [6, 6.07) is 6.37. The molecule has 2 aromatic rings. The van der Waals surface area contributed by atoms with Crippen molar-refractivity contribution in [2.24, 2.45) is 11.8 Å². The minimum Gasteiger partial charge on any atom is -0.322 e. The van der Waals surface area contributed by atoms with Crippen LogP contribution in [0.5, 0.6) is 0 Å². The molecule has 108 valence electrons. The molecule has 4 heteroatoms. The fourth-order valence-corrected chi connectivity index (χ4v) is 3.97. The average molecular weight is 311 g/mol. The molecule has 1 aliphatic rings. The summed E-state index contributed by atoms with van der Waals surface area (Å²) in [5.74, 6) is 2.74. The molecular weight excluding hydrogens is 291 g/mol.